The van der Waals surface area contributed by atoms with Crippen molar-refractivity contribution in [3.63, 3.8) is 0 Å². The number of fused-ring (bicyclic) bond motifs is 1. The Morgan fingerprint density at radius 1 is 1.04 bits per heavy atom. The maximum Gasteiger partial charge on any atom is 0.282 e. The molecule has 0 bridgehead atoms. The van der Waals surface area contributed by atoms with E-state index in [1.165, 1.54) is 10.9 Å². The number of nitrogens with zero attached hydrogens (tertiary/aromatic N) is 3. The molecule has 4 rings (SSSR count). The van der Waals surface area contributed by atoms with Crippen molar-refractivity contribution >= 4 is 49.0 Å². The molecule has 0 aliphatic rings. The van der Waals surface area contributed by atoms with Crippen molar-refractivity contribution in [2.45, 2.75) is 0 Å². The Morgan fingerprint density at radius 2 is 1.77 bits per heavy atom. The zero-order chi connectivity index (χ0) is 18.1. The monoisotopic (exact) mass is 471 g/mol. The molecule has 128 valence electrons. The van der Waals surface area contributed by atoms with Crippen molar-refractivity contribution in [2.24, 2.45) is 5.10 Å². The molecule has 0 spiro atoms. The van der Waals surface area contributed by atoms with E-state index >= 15 is 0 Å². The molecule has 0 radical (unpaired) electrons. The molecule has 5 nitrogen and oxygen atoms in total. The lowest BCUT2D eigenvalue weighted by Gasteiger charge is -2.09. The van der Waals surface area contributed by atoms with E-state index in [0.29, 0.717) is 27.2 Å². The van der Waals surface area contributed by atoms with Gasteiger partial charge >= 0.3 is 0 Å². The molecular formula is C19H11Br2N3O2. The van der Waals surface area contributed by atoms with Gasteiger partial charge in [0.25, 0.3) is 5.56 Å². The van der Waals surface area contributed by atoms with E-state index in [9.17, 15) is 4.79 Å². The quantitative estimate of drug-likeness (QED) is 0.391. The Morgan fingerprint density at radius 3 is 2.50 bits per heavy atom. The second kappa shape index (κ2) is 7.01. The third-order valence-corrected chi connectivity index (χ3v) is 5.46. The van der Waals surface area contributed by atoms with E-state index in [2.05, 4.69) is 41.9 Å². The van der Waals surface area contributed by atoms with Crippen LogP contribution < -0.4 is 5.56 Å². The summed E-state index contributed by atoms with van der Waals surface area (Å²) >= 11 is 6.64. The van der Waals surface area contributed by atoms with E-state index < -0.39 is 0 Å². The molecule has 4 aromatic rings. The van der Waals surface area contributed by atoms with Gasteiger partial charge in [-0.3, -0.25) is 4.79 Å². The highest BCUT2D eigenvalue weighted by molar-refractivity contribution is 9.13. The van der Waals surface area contributed by atoms with E-state index in [1.54, 1.807) is 12.1 Å². The average molecular weight is 473 g/mol. The van der Waals surface area contributed by atoms with Crippen LogP contribution >= 0.6 is 31.9 Å². The van der Waals surface area contributed by atoms with Crippen LogP contribution in [0.3, 0.4) is 0 Å². The van der Waals surface area contributed by atoms with E-state index in [0.717, 1.165) is 10.0 Å². The fraction of sp³-hybridized carbons (Fsp3) is 0. The zero-order valence-electron chi connectivity index (χ0n) is 13.3. The first-order chi connectivity index (χ1) is 12.6. The third kappa shape index (κ3) is 3.15. The van der Waals surface area contributed by atoms with Gasteiger partial charge in [0.1, 0.15) is 5.76 Å². The Labute approximate surface area is 165 Å². The Kier molecular flexibility index (Phi) is 4.57. The molecule has 0 fully saturated rings. The minimum absolute atomic E-state index is 0.240. The summed E-state index contributed by atoms with van der Waals surface area (Å²) in [5, 5.41) is 4.84. The topological polar surface area (TPSA) is 60.4 Å². The van der Waals surface area contributed by atoms with Crippen LogP contribution in [0.2, 0.25) is 0 Å². The van der Waals surface area contributed by atoms with Crippen molar-refractivity contribution in [2.75, 3.05) is 0 Å². The SMILES string of the molecule is O=c1c2ccccc2nc(-c2ccccc2)n1N=Cc1cc(Br)c(Br)o1. The average Bonchev–Trinajstić information content (AvgIpc) is 2.99. The van der Waals surface area contributed by atoms with Gasteiger partial charge in [-0.1, -0.05) is 42.5 Å². The third-order valence-electron chi connectivity index (χ3n) is 3.75. The van der Waals surface area contributed by atoms with Crippen LogP contribution in [0, 0.1) is 0 Å². The lowest BCUT2D eigenvalue weighted by atomic mass is 10.2. The zero-order valence-corrected chi connectivity index (χ0v) is 16.4. The van der Waals surface area contributed by atoms with Crippen molar-refractivity contribution in [3.05, 3.63) is 85.9 Å². The van der Waals surface area contributed by atoms with Crippen LogP contribution in [0.1, 0.15) is 5.76 Å². The van der Waals surface area contributed by atoms with Gasteiger partial charge in [0.15, 0.2) is 10.5 Å². The number of furan rings is 1. The summed E-state index contributed by atoms with van der Waals surface area (Å²) in [7, 11) is 0. The van der Waals surface area contributed by atoms with Crippen molar-refractivity contribution in [3.8, 4) is 11.4 Å². The molecule has 0 saturated heterocycles. The first-order valence-electron chi connectivity index (χ1n) is 7.70. The highest BCUT2D eigenvalue weighted by Crippen LogP contribution is 2.26. The van der Waals surface area contributed by atoms with Crippen LogP contribution in [0.4, 0.5) is 0 Å². The minimum atomic E-state index is -0.240. The summed E-state index contributed by atoms with van der Waals surface area (Å²) < 4.78 is 8.12. The Bertz CT molecular complexity index is 1160. The number of para-hydroxylation sites is 1. The fourth-order valence-corrected chi connectivity index (χ4v) is 3.15. The number of hydrogen-bond acceptors (Lipinski definition) is 4. The van der Waals surface area contributed by atoms with Gasteiger partial charge in [-0.15, -0.1) is 0 Å². The summed E-state index contributed by atoms with van der Waals surface area (Å²) in [4.78, 5) is 17.6. The van der Waals surface area contributed by atoms with Gasteiger partial charge in [0.05, 0.1) is 21.6 Å². The number of aromatic nitrogens is 2. The Hall–Kier alpha value is -2.51. The molecule has 2 aromatic carbocycles. The van der Waals surface area contributed by atoms with Gasteiger partial charge in [-0.2, -0.15) is 9.78 Å². The van der Waals surface area contributed by atoms with E-state index in [1.807, 2.05) is 48.5 Å². The molecule has 7 heteroatoms. The maximum atomic E-state index is 13.0. The standard InChI is InChI=1S/C19H11Br2N3O2/c20-15-10-13(26-17(15)21)11-22-24-18(12-6-2-1-3-7-12)23-16-9-5-4-8-14(16)19(24)25/h1-11H. The normalized spacial score (nSPS) is 11.5. The second-order valence-electron chi connectivity index (χ2n) is 5.45. The Balaban J connectivity index is 1.94. The van der Waals surface area contributed by atoms with Crippen LogP contribution in [0.5, 0.6) is 0 Å². The summed E-state index contributed by atoms with van der Waals surface area (Å²) in [5.41, 5.74) is 1.19. The highest BCUT2D eigenvalue weighted by atomic mass is 79.9. The van der Waals surface area contributed by atoms with Gasteiger partial charge in [-0.05, 0) is 44.0 Å². The number of rotatable bonds is 3. The lowest BCUT2D eigenvalue weighted by Crippen LogP contribution is -2.20. The molecule has 0 N–H and O–H groups in total. The summed E-state index contributed by atoms with van der Waals surface area (Å²) in [6, 6.07) is 18.5. The molecule has 2 heterocycles. The van der Waals surface area contributed by atoms with Crippen LogP contribution in [-0.2, 0) is 0 Å². The number of halogens is 2. The van der Waals surface area contributed by atoms with Crippen LogP contribution in [-0.4, -0.2) is 15.9 Å². The van der Waals surface area contributed by atoms with Crippen molar-refractivity contribution < 1.29 is 4.42 Å². The predicted octanol–water partition coefficient (Wildman–Crippen LogP) is 5.06. The molecule has 0 unspecified atom stereocenters. The van der Waals surface area contributed by atoms with E-state index in [4.69, 9.17) is 4.42 Å². The number of hydrogen-bond donors (Lipinski definition) is 0. The molecular weight excluding hydrogens is 462 g/mol. The maximum absolute atomic E-state index is 13.0. The van der Waals surface area contributed by atoms with Gasteiger partial charge < -0.3 is 4.42 Å². The highest BCUT2D eigenvalue weighted by Gasteiger charge is 2.12. The largest absolute Gasteiger partial charge is 0.447 e. The van der Waals surface area contributed by atoms with Crippen molar-refractivity contribution in [1.82, 2.24) is 9.66 Å². The number of benzene rings is 2. The molecule has 26 heavy (non-hydrogen) atoms. The smallest absolute Gasteiger partial charge is 0.282 e. The van der Waals surface area contributed by atoms with Crippen LogP contribution in [0.15, 0.2) is 84.1 Å². The first kappa shape index (κ1) is 16.9. The molecule has 2 aromatic heterocycles. The molecule has 0 aliphatic carbocycles. The summed E-state index contributed by atoms with van der Waals surface area (Å²) in [5.74, 6) is 0.970. The lowest BCUT2D eigenvalue weighted by molar-refractivity contribution is 0.532. The van der Waals surface area contributed by atoms with Crippen molar-refractivity contribution in [1.29, 1.82) is 0 Å². The van der Waals surface area contributed by atoms with Crippen LogP contribution in [0.25, 0.3) is 22.3 Å². The summed E-state index contributed by atoms with van der Waals surface area (Å²) in [6.45, 7) is 0. The van der Waals surface area contributed by atoms with Gasteiger partial charge in [0.2, 0.25) is 0 Å². The van der Waals surface area contributed by atoms with Gasteiger partial charge in [0, 0.05) is 11.6 Å². The molecule has 0 saturated carbocycles. The molecule has 0 atom stereocenters. The second-order valence-corrected chi connectivity index (χ2v) is 7.03. The predicted molar refractivity (Wildman–Crippen MR) is 109 cm³/mol. The molecule has 0 aliphatic heterocycles. The first-order valence-corrected chi connectivity index (χ1v) is 9.28. The summed E-state index contributed by atoms with van der Waals surface area (Å²) in [6.07, 6.45) is 1.49. The fourth-order valence-electron chi connectivity index (χ4n) is 2.55. The van der Waals surface area contributed by atoms with Gasteiger partial charge in [-0.25, -0.2) is 4.98 Å². The van der Waals surface area contributed by atoms with E-state index in [-0.39, 0.29) is 5.56 Å². The molecule has 0 amide bonds. The minimum Gasteiger partial charge on any atom is -0.447 e.